The molecule has 0 bridgehead atoms. The second-order valence-corrected chi connectivity index (χ2v) is 4.24. The number of amidine groups is 1. The number of nitrogens with zero attached hydrogens (tertiary/aromatic N) is 1. The molecule has 2 rings (SSSR count). The molecule has 20 heavy (non-hydrogen) atoms. The lowest BCUT2D eigenvalue weighted by Gasteiger charge is -2.11. The van der Waals surface area contributed by atoms with Crippen molar-refractivity contribution < 1.29 is 9.94 Å². The van der Waals surface area contributed by atoms with Crippen molar-refractivity contribution in [1.29, 1.82) is 0 Å². The number of ether oxygens (including phenoxy) is 1. The maximum Gasteiger partial charge on any atom is 0.173 e. The van der Waals surface area contributed by atoms with Gasteiger partial charge in [-0.1, -0.05) is 29.4 Å². The zero-order chi connectivity index (χ0) is 14.4. The lowest BCUT2D eigenvalue weighted by Crippen LogP contribution is -2.14. The molecule has 0 saturated carbocycles. The summed E-state index contributed by atoms with van der Waals surface area (Å²) < 4.78 is 5.26. The molecule has 5 nitrogen and oxygen atoms in total. The Morgan fingerprint density at radius 2 is 2.00 bits per heavy atom. The Kier molecular flexibility index (Phi) is 4.44. The summed E-state index contributed by atoms with van der Waals surface area (Å²) in [5, 5.41) is 15.0. The van der Waals surface area contributed by atoms with Gasteiger partial charge in [0.15, 0.2) is 5.84 Å². The monoisotopic (exact) mass is 271 g/mol. The van der Waals surface area contributed by atoms with Crippen molar-refractivity contribution in [3.8, 4) is 5.75 Å². The van der Waals surface area contributed by atoms with Crippen LogP contribution >= 0.6 is 0 Å². The highest BCUT2D eigenvalue weighted by Gasteiger charge is 2.08. The van der Waals surface area contributed by atoms with Crippen molar-refractivity contribution in [2.75, 3.05) is 12.4 Å². The van der Waals surface area contributed by atoms with Crippen LogP contribution in [0.2, 0.25) is 0 Å². The first-order valence-corrected chi connectivity index (χ1v) is 6.18. The first-order chi connectivity index (χ1) is 9.74. The van der Waals surface area contributed by atoms with Crippen molar-refractivity contribution in [2.24, 2.45) is 10.9 Å². The SMILES string of the molecule is COc1cc(CNc2ccccc2)ccc1/C(N)=N/O. The number of methoxy groups -OCH3 is 1. The van der Waals surface area contributed by atoms with Crippen LogP contribution in [0.1, 0.15) is 11.1 Å². The molecule has 4 N–H and O–H groups in total. The van der Waals surface area contributed by atoms with E-state index in [9.17, 15) is 0 Å². The fraction of sp³-hybridized carbons (Fsp3) is 0.133. The summed E-state index contributed by atoms with van der Waals surface area (Å²) in [5.74, 6) is 0.608. The summed E-state index contributed by atoms with van der Waals surface area (Å²) in [5.41, 5.74) is 8.25. The summed E-state index contributed by atoms with van der Waals surface area (Å²) in [4.78, 5) is 0. The minimum Gasteiger partial charge on any atom is -0.496 e. The molecule has 2 aromatic rings. The largest absolute Gasteiger partial charge is 0.496 e. The smallest absolute Gasteiger partial charge is 0.173 e. The third-order valence-corrected chi connectivity index (χ3v) is 2.92. The van der Waals surface area contributed by atoms with Crippen molar-refractivity contribution >= 4 is 11.5 Å². The minimum atomic E-state index is 0.0319. The molecule has 0 heterocycles. The predicted molar refractivity (Wildman–Crippen MR) is 79.3 cm³/mol. The molecule has 0 spiro atoms. The summed E-state index contributed by atoms with van der Waals surface area (Å²) >= 11 is 0. The Morgan fingerprint density at radius 3 is 2.65 bits per heavy atom. The van der Waals surface area contributed by atoms with Gasteiger partial charge in [-0.05, 0) is 29.8 Å². The standard InChI is InChI=1S/C15H17N3O2/c1-20-14-9-11(7-8-13(14)15(16)18-19)10-17-12-5-3-2-4-6-12/h2-9,17,19H,10H2,1H3,(H2,16,18). The number of rotatable bonds is 5. The number of hydrogen-bond acceptors (Lipinski definition) is 4. The van der Waals surface area contributed by atoms with Crippen molar-refractivity contribution in [3.05, 3.63) is 59.7 Å². The molecule has 0 atom stereocenters. The second-order valence-electron chi connectivity index (χ2n) is 4.24. The molecular formula is C15H17N3O2. The molecule has 0 aliphatic carbocycles. The van der Waals surface area contributed by atoms with Crippen LogP contribution in [0, 0.1) is 0 Å². The van der Waals surface area contributed by atoms with Gasteiger partial charge in [0.1, 0.15) is 5.75 Å². The maximum absolute atomic E-state index is 8.72. The molecule has 0 saturated heterocycles. The van der Waals surface area contributed by atoms with Gasteiger partial charge in [-0.2, -0.15) is 0 Å². The molecule has 0 aliphatic heterocycles. The molecule has 0 amide bonds. The van der Waals surface area contributed by atoms with Crippen LogP contribution in [0.3, 0.4) is 0 Å². The van der Waals surface area contributed by atoms with E-state index in [4.69, 9.17) is 15.7 Å². The van der Waals surface area contributed by atoms with Crippen LogP contribution < -0.4 is 15.8 Å². The Bertz CT molecular complexity index is 597. The molecule has 104 valence electrons. The van der Waals surface area contributed by atoms with E-state index in [1.807, 2.05) is 42.5 Å². The number of oxime groups is 1. The van der Waals surface area contributed by atoms with Gasteiger partial charge >= 0.3 is 0 Å². The van der Waals surface area contributed by atoms with Crippen LogP contribution in [0.5, 0.6) is 5.75 Å². The number of nitrogens with two attached hydrogens (primary N) is 1. The van der Waals surface area contributed by atoms with E-state index in [-0.39, 0.29) is 5.84 Å². The zero-order valence-corrected chi connectivity index (χ0v) is 11.2. The molecule has 0 aromatic heterocycles. The average molecular weight is 271 g/mol. The van der Waals surface area contributed by atoms with E-state index < -0.39 is 0 Å². The van der Waals surface area contributed by atoms with Crippen molar-refractivity contribution in [3.63, 3.8) is 0 Å². The molecule has 0 radical (unpaired) electrons. The number of benzene rings is 2. The van der Waals surface area contributed by atoms with Crippen molar-refractivity contribution in [2.45, 2.75) is 6.54 Å². The number of nitrogens with one attached hydrogen (secondary N) is 1. The van der Waals surface area contributed by atoms with E-state index in [1.165, 1.54) is 0 Å². The van der Waals surface area contributed by atoms with E-state index in [0.717, 1.165) is 11.3 Å². The predicted octanol–water partition coefficient (Wildman–Crippen LogP) is 2.40. The third-order valence-electron chi connectivity index (χ3n) is 2.92. The summed E-state index contributed by atoms with van der Waals surface area (Å²) in [6.07, 6.45) is 0. The number of para-hydroxylation sites is 1. The van der Waals surface area contributed by atoms with Gasteiger partial charge in [-0.15, -0.1) is 0 Å². The third kappa shape index (κ3) is 3.20. The number of hydrogen-bond donors (Lipinski definition) is 3. The summed E-state index contributed by atoms with van der Waals surface area (Å²) in [7, 11) is 1.55. The first kappa shape index (κ1) is 13.7. The minimum absolute atomic E-state index is 0.0319. The quantitative estimate of drug-likeness (QED) is 0.337. The summed E-state index contributed by atoms with van der Waals surface area (Å²) in [6, 6.07) is 15.5. The Hall–Kier alpha value is -2.69. The number of anilines is 1. The molecular weight excluding hydrogens is 254 g/mol. The first-order valence-electron chi connectivity index (χ1n) is 6.18. The van der Waals surface area contributed by atoms with E-state index in [1.54, 1.807) is 13.2 Å². The van der Waals surface area contributed by atoms with Gasteiger partial charge in [-0.25, -0.2) is 0 Å². The topological polar surface area (TPSA) is 79.9 Å². The fourth-order valence-corrected chi connectivity index (χ4v) is 1.87. The second kappa shape index (κ2) is 6.47. The average Bonchev–Trinajstić information content (AvgIpc) is 2.52. The Balaban J connectivity index is 2.14. The van der Waals surface area contributed by atoms with Gasteiger partial charge in [0, 0.05) is 12.2 Å². The van der Waals surface area contributed by atoms with Gasteiger partial charge in [-0.3, -0.25) is 0 Å². The molecule has 0 unspecified atom stereocenters. The molecule has 0 fully saturated rings. The zero-order valence-electron chi connectivity index (χ0n) is 11.2. The Morgan fingerprint density at radius 1 is 1.25 bits per heavy atom. The normalized spacial score (nSPS) is 11.2. The van der Waals surface area contributed by atoms with E-state index >= 15 is 0 Å². The molecule has 5 heteroatoms. The lowest BCUT2D eigenvalue weighted by atomic mass is 10.1. The van der Waals surface area contributed by atoms with Crippen LogP contribution in [0.4, 0.5) is 5.69 Å². The highest BCUT2D eigenvalue weighted by Crippen LogP contribution is 2.20. The van der Waals surface area contributed by atoms with Gasteiger partial charge in [0.2, 0.25) is 0 Å². The van der Waals surface area contributed by atoms with Gasteiger partial charge < -0.3 is 21.0 Å². The lowest BCUT2D eigenvalue weighted by molar-refractivity contribution is 0.318. The van der Waals surface area contributed by atoms with Crippen LogP contribution in [0.25, 0.3) is 0 Å². The molecule has 2 aromatic carbocycles. The molecule has 0 aliphatic rings. The Labute approximate surface area is 117 Å². The fourth-order valence-electron chi connectivity index (χ4n) is 1.87. The highest BCUT2D eigenvalue weighted by molar-refractivity contribution is 5.99. The van der Waals surface area contributed by atoms with E-state index in [0.29, 0.717) is 17.9 Å². The van der Waals surface area contributed by atoms with Crippen LogP contribution in [-0.2, 0) is 6.54 Å². The highest BCUT2D eigenvalue weighted by atomic mass is 16.5. The van der Waals surface area contributed by atoms with Crippen LogP contribution in [-0.4, -0.2) is 18.2 Å². The van der Waals surface area contributed by atoms with Crippen LogP contribution in [0.15, 0.2) is 53.7 Å². The maximum atomic E-state index is 8.72. The van der Waals surface area contributed by atoms with Crippen molar-refractivity contribution in [1.82, 2.24) is 0 Å². The van der Waals surface area contributed by atoms with E-state index in [2.05, 4.69) is 10.5 Å². The van der Waals surface area contributed by atoms with Gasteiger partial charge in [0.25, 0.3) is 0 Å². The summed E-state index contributed by atoms with van der Waals surface area (Å²) in [6.45, 7) is 0.664. The van der Waals surface area contributed by atoms with Gasteiger partial charge in [0.05, 0.1) is 12.7 Å².